The van der Waals surface area contributed by atoms with E-state index in [9.17, 15) is 9.59 Å². The number of nitrogens with zero attached hydrogens (tertiary/aromatic N) is 2. The first-order chi connectivity index (χ1) is 10.7. The van der Waals surface area contributed by atoms with Crippen molar-refractivity contribution in [3.05, 3.63) is 0 Å². The molecule has 1 heterocycles. The van der Waals surface area contributed by atoms with Gasteiger partial charge in [0.15, 0.2) is 0 Å². The minimum absolute atomic E-state index is 0.171. The number of carbonyl (C=O) groups is 2. The molecule has 0 spiro atoms. The molecule has 120 valence electrons. The van der Waals surface area contributed by atoms with Crippen molar-refractivity contribution in [2.75, 3.05) is 13.2 Å². The van der Waals surface area contributed by atoms with E-state index < -0.39 is 0 Å². The first-order valence-corrected chi connectivity index (χ1v) is 8.62. The van der Waals surface area contributed by atoms with Crippen LogP contribution >= 0.6 is 0 Å². The third-order valence-electron chi connectivity index (χ3n) is 6.98. The Labute approximate surface area is 129 Å². The van der Waals surface area contributed by atoms with E-state index in [4.69, 9.17) is 9.47 Å². The Morgan fingerprint density at radius 2 is 1.27 bits per heavy atom. The molecule has 6 fully saturated rings. The van der Waals surface area contributed by atoms with Crippen LogP contribution in [0.3, 0.4) is 0 Å². The van der Waals surface area contributed by atoms with E-state index in [0.717, 1.165) is 17.8 Å². The molecule has 22 heavy (non-hydrogen) atoms. The van der Waals surface area contributed by atoms with Gasteiger partial charge in [-0.3, -0.25) is 0 Å². The van der Waals surface area contributed by atoms with Crippen LogP contribution in [0.1, 0.15) is 26.7 Å². The van der Waals surface area contributed by atoms with Crippen LogP contribution in [0.25, 0.3) is 0 Å². The van der Waals surface area contributed by atoms with Crippen LogP contribution in [0.2, 0.25) is 0 Å². The highest BCUT2D eigenvalue weighted by Crippen LogP contribution is 2.78. The molecule has 0 aromatic rings. The van der Waals surface area contributed by atoms with Gasteiger partial charge in [0.25, 0.3) is 0 Å². The molecule has 6 aliphatic rings. The van der Waals surface area contributed by atoms with Crippen molar-refractivity contribution < 1.29 is 19.1 Å². The zero-order valence-electron chi connectivity index (χ0n) is 13.0. The molecule has 5 saturated carbocycles. The highest BCUT2D eigenvalue weighted by Gasteiger charge is 2.83. The summed E-state index contributed by atoms with van der Waals surface area (Å²) in [4.78, 5) is 24.9. The summed E-state index contributed by atoms with van der Waals surface area (Å²) in [7, 11) is 0. The van der Waals surface area contributed by atoms with Crippen LogP contribution in [0, 0.1) is 35.5 Å². The first-order valence-electron chi connectivity index (χ1n) is 8.62. The lowest BCUT2D eigenvalue weighted by Gasteiger charge is -2.45. The third kappa shape index (κ3) is 1.18. The smallest absolute Gasteiger partial charge is 0.429 e. The van der Waals surface area contributed by atoms with Crippen molar-refractivity contribution in [2.24, 2.45) is 35.5 Å². The second-order valence-corrected chi connectivity index (χ2v) is 7.28. The largest absolute Gasteiger partial charge is 0.448 e. The number of hydrogen-bond acceptors (Lipinski definition) is 4. The number of ether oxygens (including phenoxy) is 2. The number of hydrazine groups is 1. The summed E-state index contributed by atoms with van der Waals surface area (Å²) < 4.78 is 10.5. The number of amides is 2. The van der Waals surface area contributed by atoms with Gasteiger partial charge in [-0.25, -0.2) is 19.6 Å². The number of hydrogen-bond donors (Lipinski definition) is 0. The summed E-state index contributed by atoms with van der Waals surface area (Å²) in [5.41, 5.74) is 0. The second kappa shape index (κ2) is 4.09. The normalized spacial score (nSPS) is 48.6. The van der Waals surface area contributed by atoms with Crippen LogP contribution in [0.5, 0.6) is 0 Å². The van der Waals surface area contributed by atoms with Gasteiger partial charge in [0.2, 0.25) is 0 Å². The van der Waals surface area contributed by atoms with Crippen molar-refractivity contribution in [3.63, 3.8) is 0 Å². The van der Waals surface area contributed by atoms with Crippen LogP contribution < -0.4 is 0 Å². The Kier molecular flexibility index (Phi) is 2.42. The topological polar surface area (TPSA) is 59.1 Å². The van der Waals surface area contributed by atoms with Crippen molar-refractivity contribution in [1.82, 2.24) is 10.0 Å². The molecule has 6 rings (SSSR count). The molecule has 0 aromatic carbocycles. The van der Waals surface area contributed by atoms with Gasteiger partial charge in [-0.05, 0) is 56.3 Å². The van der Waals surface area contributed by atoms with Crippen molar-refractivity contribution in [1.29, 1.82) is 0 Å². The predicted octanol–water partition coefficient (Wildman–Crippen LogP) is 2.10. The third-order valence-corrected chi connectivity index (χ3v) is 6.98. The molecule has 8 bridgehead atoms. The lowest BCUT2D eigenvalue weighted by Crippen LogP contribution is -2.59. The van der Waals surface area contributed by atoms with E-state index in [1.165, 1.54) is 12.8 Å². The SMILES string of the molecule is CCOC(=O)N1[C@@H]2C3C4[C@H]5CC[C@H]4[C@@H]([C@H]52)[C@H]3N1C(=O)OCC. The van der Waals surface area contributed by atoms with Gasteiger partial charge in [-0.2, -0.15) is 0 Å². The molecule has 5 aliphatic carbocycles. The van der Waals surface area contributed by atoms with E-state index in [-0.39, 0.29) is 24.3 Å². The molecule has 2 unspecified atom stereocenters. The van der Waals surface area contributed by atoms with Crippen LogP contribution in [0.15, 0.2) is 0 Å². The summed E-state index contributed by atoms with van der Waals surface area (Å²) >= 11 is 0. The Balaban J connectivity index is 1.52. The zero-order chi connectivity index (χ0) is 15.2. The minimum atomic E-state index is -0.380. The number of carbonyl (C=O) groups excluding carboxylic acids is 2. The predicted molar refractivity (Wildman–Crippen MR) is 75.5 cm³/mol. The van der Waals surface area contributed by atoms with Crippen LogP contribution in [-0.4, -0.2) is 47.5 Å². The van der Waals surface area contributed by atoms with Gasteiger partial charge in [-0.15, -0.1) is 0 Å². The van der Waals surface area contributed by atoms with Crippen molar-refractivity contribution in [3.8, 4) is 0 Å². The molecule has 6 heteroatoms. The molecule has 0 N–H and O–H groups in total. The fourth-order valence-corrected chi connectivity index (χ4v) is 7.00. The quantitative estimate of drug-likeness (QED) is 0.784. The highest BCUT2D eigenvalue weighted by atomic mass is 16.6. The molecule has 6 nitrogen and oxygen atoms in total. The van der Waals surface area contributed by atoms with Gasteiger partial charge >= 0.3 is 12.2 Å². The molecular weight excluding hydrogens is 284 g/mol. The monoisotopic (exact) mass is 306 g/mol. The van der Waals surface area contributed by atoms with E-state index in [1.54, 1.807) is 23.9 Å². The second-order valence-electron chi connectivity index (χ2n) is 7.28. The average molecular weight is 306 g/mol. The molecule has 1 aliphatic heterocycles. The first kappa shape index (κ1) is 13.0. The maximum Gasteiger partial charge on any atom is 0.429 e. The van der Waals surface area contributed by atoms with Crippen molar-refractivity contribution in [2.45, 2.75) is 38.8 Å². The zero-order valence-corrected chi connectivity index (χ0v) is 13.0. The van der Waals surface area contributed by atoms with Gasteiger partial charge in [0.1, 0.15) is 0 Å². The fourth-order valence-electron chi connectivity index (χ4n) is 7.00. The molecule has 2 amide bonds. The molecule has 1 saturated heterocycles. The Hall–Kier alpha value is -1.46. The standard InChI is InChI=1S/C16H22N2O4/c1-3-21-15(19)17-13-10-7-5-6-8-9(7)12(13)14(11(8)10)18(17)16(20)22-4-2/h7-14H,3-6H2,1-2H3/t7-,8-,9?,10+,11+,12?,13-,14+/m1/s1. The lowest BCUT2D eigenvalue weighted by atomic mass is 9.78. The molecular formula is C16H22N2O4. The minimum Gasteiger partial charge on any atom is -0.448 e. The van der Waals surface area contributed by atoms with E-state index in [1.807, 2.05) is 0 Å². The van der Waals surface area contributed by atoms with E-state index >= 15 is 0 Å². The summed E-state index contributed by atoms with van der Waals surface area (Å²) in [6, 6.07) is 0.343. The fraction of sp³-hybridized carbons (Fsp3) is 0.875. The number of rotatable bonds is 2. The Bertz CT molecular complexity index is 506. The average Bonchev–Trinajstić information content (AvgIpc) is 3.27. The van der Waals surface area contributed by atoms with Gasteiger partial charge in [-0.1, -0.05) is 0 Å². The van der Waals surface area contributed by atoms with Crippen molar-refractivity contribution >= 4 is 12.2 Å². The Morgan fingerprint density at radius 3 is 1.68 bits per heavy atom. The Morgan fingerprint density at radius 1 is 0.818 bits per heavy atom. The lowest BCUT2D eigenvalue weighted by molar-refractivity contribution is -0.0827. The van der Waals surface area contributed by atoms with Gasteiger partial charge in [0.05, 0.1) is 25.3 Å². The highest BCUT2D eigenvalue weighted by molar-refractivity contribution is 5.77. The molecule has 0 radical (unpaired) electrons. The maximum atomic E-state index is 12.5. The maximum absolute atomic E-state index is 12.5. The summed E-state index contributed by atoms with van der Waals surface area (Å²) in [5.74, 6) is 3.93. The van der Waals surface area contributed by atoms with E-state index in [0.29, 0.717) is 31.0 Å². The van der Waals surface area contributed by atoms with E-state index in [2.05, 4.69) is 0 Å². The van der Waals surface area contributed by atoms with Gasteiger partial charge in [0, 0.05) is 5.92 Å². The van der Waals surface area contributed by atoms with Crippen LogP contribution in [0.4, 0.5) is 9.59 Å². The molecule has 0 aromatic heterocycles. The summed E-state index contributed by atoms with van der Waals surface area (Å²) in [6.07, 6.45) is 1.86. The van der Waals surface area contributed by atoms with Gasteiger partial charge < -0.3 is 9.47 Å². The van der Waals surface area contributed by atoms with Crippen LogP contribution in [-0.2, 0) is 9.47 Å². The summed E-state index contributed by atoms with van der Waals surface area (Å²) in [5, 5.41) is 3.24. The summed E-state index contributed by atoms with van der Waals surface area (Å²) in [6.45, 7) is 4.26. The molecule has 8 atom stereocenters.